The molecule has 42 heavy (non-hydrogen) atoms. The molecule has 2 aromatic rings. The number of amides is 4. The third-order valence-corrected chi connectivity index (χ3v) is 7.62. The van der Waals surface area contributed by atoms with E-state index >= 15 is 0 Å². The van der Waals surface area contributed by atoms with Crippen molar-refractivity contribution in [2.24, 2.45) is 0 Å². The van der Waals surface area contributed by atoms with Crippen LogP contribution in [0.1, 0.15) is 62.0 Å². The standard InChI is InChI=1S/C31H40N4O7/c1-20(2)35(23-12-9-14-33(18-23)30(39)40)27(36)24-17-25-26(16-21(24)3)42-31(4,5)28(37)34(25)15-13-32-29(38)41-19-22-10-7-6-8-11-22/h6-8,10-11,16-17,20,23H,9,12-15,18-19H2,1-5H3,(H,32,38)(H,39,40)/t23-/m1/s1. The van der Waals surface area contributed by atoms with Gasteiger partial charge in [0.25, 0.3) is 11.8 Å². The van der Waals surface area contributed by atoms with Crippen molar-refractivity contribution in [3.63, 3.8) is 0 Å². The van der Waals surface area contributed by atoms with Crippen LogP contribution in [0.3, 0.4) is 0 Å². The Morgan fingerprint density at radius 2 is 1.90 bits per heavy atom. The van der Waals surface area contributed by atoms with Crippen LogP contribution in [-0.2, 0) is 16.1 Å². The summed E-state index contributed by atoms with van der Waals surface area (Å²) in [4.78, 5) is 56.0. The van der Waals surface area contributed by atoms with Crippen LogP contribution in [-0.4, -0.2) is 82.8 Å². The molecular weight excluding hydrogens is 540 g/mol. The van der Waals surface area contributed by atoms with Crippen molar-refractivity contribution in [1.29, 1.82) is 0 Å². The lowest BCUT2D eigenvalue weighted by molar-refractivity contribution is -0.132. The number of carboxylic acid groups (broad SMARTS) is 1. The van der Waals surface area contributed by atoms with Gasteiger partial charge in [-0.05, 0) is 70.7 Å². The number of nitrogens with zero attached hydrogens (tertiary/aromatic N) is 3. The van der Waals surface area contributed by atoms with E-state index in [1.165, 1.54) is 9.80 Å². The highest BCUT2D eigenvalue weighted by Crippen LogP contribution is 2.40. The molecule has 1 saturated heterocycles. The Labute approximate surface area is 246 Å². The lowest BCUT2D eigenvalue weighted by Crippen LogP contribution is -2.55. The van der Waals surface area contributed by atoms with E-state index < -0.39 is 17.8 Å². The molecular formula is C31H40N4O7. The summed E-state index contributed by atoms with van der Waals surface area (Å²) in [5.74, 6) is -0.0738. The Hall–Kier alpha value is -4.28. The summed E-state index contributed by atoms with van der Waals surface area (Å²) in [7, 11) is 0. The Balaban J connectivity index is 1.54. The molecule has 0 spiro atoms. The van der Waals surface area contributed by atoms with Gasteiger partial charge in [0, 0.05) is 37.8 Å². The van der Waals surface area contributed by atoms with Gasteiger partial charge in [0.1, 0.15) is 12.4 Å². The molecule has 0 bridgehead atoms. The molecule has 0 aromatic heterocycles. The minimum atomic E-state index is -1.15. The Kier molecular flexibility index (Phi) is 9.28. The monoisotopic (exact) mass is 580 g/mol. The number of ether oxygens (including phenoxy) is 2. The zero-order chi connectivity index (χ0) is 30.6. The van der Waals surface area contributed by atoms with E-state index in [9.17, 15) is 24.3 Å². The molecule has 2 heterocycles. The summed E-state index contributed by atoms with van der Waals surface area (Å²) in [6.07, 6.45) is -0.226. The van der Waals surface area contributed by atoms with Gasteiger partial charge in [0.2, 0.25) is 0 Å². The van der Waals surface area contributed by atoms with E-state index in [1.807, 2.05) is 51.1 Å². The molecule has 226 valence electrons. The molecule has 1 atom stereocenters. The van der Waals surface area contributed by atoms with Crippen molar-refractivity contribution >= 4 is 29.7 Å². The van der Waals surface area contributed by atoms with Crippen molar-refractivity contribution < 1.29 is 33.8 Å². The Bertz CT molecular complexity index is 1330. The minimum Gasteiger partial charge on any atom is -0.476 e. The second-order valence-electron chi connectivity index (χ2n) is 11.5. The normalized spacial score (nSPS) is 17.8. The first kappa shape index (κ1) is 30.7. The highest BCUT2D eigenvalue weighted by Gasteiger charge is 2.42. The van der Waals surface area contributed by atoms with Gasteiger partial charge >= 0.3 is 12.2 Å². The van der Waals surface area contributed by atoms with E-state index in [2.05, 4.69) is 5.32 Å². The quantitative estimate of drug-likeness (QED) is 0.473. The van der Waals surface area contributed by atoms with Crippen LogP contribution in [0.15, 0.2) is 42.5 Å². The number of carbonyl (C=O) groups excluding carboxylic acids is 3. The highest BCUT2D eigenvalue weighted by molar-refractivity contribution is 6.05. The molecule has 2 aromatic carbocycles. The van der Waals surface area contributed by atoms with E-state index in [0.29, 0.717) is 42.0 Å². The van der Waals surface area contributed by atoms with Crippen LogP contribution in [0.2, 0.25) is 0 Å². The van der Waals surface area contributed by atoms with Crippen LogP contribution in [0.5, 0.6) is 5.75 Å². The van der Waals surface area contributed by atoms with Gasteiger partial charge < -0.3 is 34.6 Å². The molecule has 0 saturated carbocycles. The molecule has 11 heteroatoms. The Morgan fingerprint density at radius 3 is 2.57 bits per heavy atom. The highest BCUT2D eigenvalue weighted by atomic mass is 16.5. The van der Waals surface area contributed by atoms with E-state index in [1.54, 1.807) is 30.9 Å². The first-order valence-electron chi connectivity index (χ1n) is 14.3. The van der Waals surface area contributed by atoms with Crippen LogP contribution in [0.25, 0.3) is 0 Å². The molecule has 1 fully saturated rings. The number of hydrogen-bond acceptors (Lipinski definition) is 6. The van der Waals surface area contributed by atoms with Crippen LogP contribution >= 0.6 is 0 Å². The lowest BCUT2D eigenvalue weighted by atomic mass is 9.97. The van der Waals surface area contributed by atoms with Gasteiger partial charge in [-0.25, -0.2) is 9.59 Å². The number of alkyl carbamates (subject to hydrolysis) is 1. The number of aryl methyl sites for hydroxylation is 1. The molecule has 2 aliphatic rings. The molecule has 2 aliphatic heterocycles. The maximum Gasteiger partial charge on any atom is 0.407 e. The summed E-state index contributed by atoms with van der Waals surface area (Å²) >= 11 is 0. The number of piperidine rings is 1. The van der Waals surface area contributed by atoms with Crippen LogP contribution in [0, 0.1) is 6.92 Å². The SMILES string of the molecule is Cc1cc2c(cc1C(=O)N(C(C)C)[C@@H]1CCCN(C(=O)O)C1)N(CCNC(=O)OCc1ccccc1)C(=O)C(C)(C)O2. The van der Waals surface area contributed by atoms with Gasteiger partial charge in [-0.3, -0.25) is 9.59 Å². The predicted octanol–water partition coefficient (Wildman–Crippen LogP) is 4.42. The summed E-state index contributed by atoms with van der Waals surface area (Å²) < 4.78 is 11.3. The first-order valence-corrected chi connectivity index (χ1v) is 14.3. The third-order valence-electron chi connectivity index (χ3n) is 7.62. The van der Waals surface area contributed by atoms with Gasteiger partial charge in [-0.2, -0.15) is 0 Å². The smallest absolute Gasteiger partial charge is 0.407 e. The van der Waals surface area contributed by atoms with Crippen LogP contribution < -0.4 is 15.0 Å². The third kappa shape index (κ3) is 6.78. The van der Waals surface area contributed by atoms with E-state index in [4.69, 9.17) is 9.47 Å². The zero-order valence-electron chi connectivity index (χ0n) is 24.9. The van der Waals surface area contributed by atoms with E-state index in [0.717, 1.165) is 5.56 Å². The van der Waals surface area contributed by atoms with Gasteiger partial charge in [0.05, 0.1) is 11.7 Å². The number of fused-ring (bicyclic) bond motifs is 1. The molecule has 11 nitrogen and oxygen atoms in total. The van der Waals surface area contributed by atoms with Crippen molar-refractivity contribution in [1.82, 2.24) is 15.1 Å². The molecule has 2 N–H and O–H groups in total. The number of likely N-dealkylation sites (tertiary alicyclic amines) is 1. The summed E-state index contributed by atoms with van der Waals surface area (Å²) in [5, 5.41) is 12.2. The van der Waals surface area contributed by atoms with Gasteiger partial charge in [0.15, 0.2) is 5.60 Å². The topological polar surface area (TPSA) is 129 Å². The summed E-state index contributed by atoms with van der Waals surface area (Å²) in [6.45, 7) is 10.1. The number of hydrogen-bond donors (Lipinski definition) is 2. The number of carbonyl (C=O) groups is 4. The molecule has 4 rings (SSSR count). The fourth-order valence-corrected chi connectivity index (χ4v) is 5.53. The zero-order valence-corrected chi connectivity index (χ0v) is 24.9. The molecule has 4 amide bonds. The average molecular weight is 581 g/mol. The number of benzene rings is 2. The Morgan fingerprint density at radius 1 is 1.19 bits per heavy atom. The summed E-state index contributed by atoms with van der Waals surface area (Å²) in [6, 6.07) is 12.3. The van der Waals surface area contributed by atoms with E-state index in [-0.39, 0.29) is 50.1 Å². The fraction of sp³-hybridized carbons (Fsp3) is 0.484. The lowest BCUT2D eigenvalue weighted by Gasteiger charge is -2.41. The second-order valence-corrected chi connectivity index (χ2v) is 11.5. The second kappa shape index (κ2) is 12.7. The first-order chi connectivity index (χ1) is 19.9. The largest absolute Gasteiger partial charge is 0.476 e. The number of rotatable bonds is 8. The van der Waals surface area contributed by atoms with Crippen molar-refractivity contribution in [2.45, 2.75) is 71.8 Å². The van der Waals surface area contributed by atoms with Gasteiger partial charge in [-0.15, -0.1) is 0 Å². The minimum absolute atomic E-state index is 0.122. The van der Waals surface area contributed by atoms with Crippen LogP contribution in [0.4, 0.5) is 15.3 Å². The number of anilines is 1. The van der Waals surface area contributed by atoms with Crippen molar-refractivity contribution in [3.05, 3.63) is 59.2 Å². The van der Waals surface area contributed by atoms with Crippen molar-refractivity contribution in [3.8, 4) is 5.75 Å². The average Bonchev–Trinajstić information content (AvgIpc) is 2.94. The predicted molar refractivity (Wildman–Crippen MR) is 157 cm³/mol. The molecule has 0 unspecified atom stereocenters. The fourth-order valence-electron chi connectivity index (χ4n) is 5.53. The maximum atomic E-state index is 14.0. The molecule has 0 aliphatic carbocycles. The van der Waals surface area contributed by atoms with Crippen molar-refractivity contribution in [2.75, 3.05) is 31.1 Å². The van der Waals surface area contributed by atoms with Gasteiger partial charge in [-0.1, -0.05) is 30.3 Å². The number of nitrogens with one attached hydrogen (secondary N) is 1. The summed E-state index contributed by atoms with van der Waals surface area (Å²) in [5.41, 5.74) is 1.24. The molecule has 0 radical (unpaired) electrons. The maximum absolute atomic E-state index is 14.0.